The molecule has 0 saturated heterocycles. The van der Waals surface area contributed by atoms with Crippen molar-refractivity contribution in [2.45, 2.75) is 13.5 Å². The molecule has 1 atom stereocenters. The van der Waals surface area contributed by atoms with Crippen molar-refractivity contribution in [2.75, 3.05) is 20.2 Å². The third kappa shape index (κ3) is 4.66. The maximum absolute atomic E-state index is 11.5. The second-order valence-electron chi connectivity index (χ2n) is 3.93. The van der Waals surface area contributed by atoms with Gasteiger partial charge in [-0.2, -0.15) is 0 Å². The summed E-state index contributed by atoms with van der Waals surface area (Å²) < 4.78 is 21.0. The largest absolute Gasteiger partial charge is 0.505 e. The molecule has 0 saturated carbocycles. The minimum Gasteiger partial charge on any atom is -0.505 e. The molecule has 3 N–H and O–H groups in total. The number of nitrogens with one attached hydrogen (secondary N) is 1. The number of aromatic hydroxyl groups is 1. The van der Waals surface area contributed by atoms with Crippen LogP contribution in [0.5, 0.6) is 5.75 Å². The minimum atomic E-state index is -4.21. The van der Waals surface area contributed by atoms with Crippen LogP contribution < -0.4 is 5.32 Å². The summed E-state index contributed by atoms with van der Waals surface area (Å²) in [4.78, 5) is 24.2. The summed E-state index contributed by atoms with van der Waals surface area (Å²) in [6, 6.07) is 0. The predicted octanol–water partition coefficient (Wildman–Crippen LogP) is 0.761. The van der Waals surface area contributed by atoms with E-state index in [2.05, 4.69) is 14.8 Å². The van der Waals surface area contributed by atoms with E-state index in [4.69, 9.17) is 4.52 Å². The van der Waals surface area contributed by atoms with E-state index in [1.165, 1.54) is 13.1 Å². The van der Waals surface area contributed by atoms with Gasteiger partial charge in [-0.05, 0) is 14.0 Å². The van der Waals surface area contributed by atoms with Gasteiger partial charge in [0.05, 0.1) is 24.5 Å². The Morgan fingerprint density at radius 1 is 1.50 bits per heavy atom. The minimum absolute atomic E-state index is 0.00220. The molecule has 0 spiro atoms. The van der Waals surface area contributed by atoms with Gasteiger partial charge in [0.1, 0.15) is 5.75 Å². The second-order valence-corrected chi connectivity index (χ2v) is 5.38. The topological polar surface area (TPSA) is 118 Å². The highest BCUT2D eigenvalue weighted by Crippen LogP contribution is 2.44. The average molecular weight is 304 g/mol. The fourth-order valence-electron chi connectivity index (χ4n) is 1.35. The Hall–Kier alpha value is -1.31. The summed E-state index contributed by atoms with van der Waals surface area (Å²) in [7, 11) is -2.54. The first-order valence-electron chi connectivity index (χ1n) is 5.80. The molecule has 0 amide bonds. The van der Waals surface area contributed by atoms with E-state index in [-0.39, 0.29) is 35.8 Å². The summed E-state index contributed by atoms with van der Waals surface area (Å²) in [6.45, 7) is 1.55. The molecule has 1 rings (SSSR count). The number of likely N-dealkylation sites (N-methyl/N-ethyl adjacent to an activating group) is 1. The van der Waals surface area contributed by atoms with E-state index in [1.54, 1.807) is 7.05 Å². The van der Waals surface area contributed by atoms with Gasteiger partial charge >= 0.3 is 7.82 Å². The van der Waals surface area contributed by atoms with E-state index in [0.717, 1.165) is 0 Å². The van der Waals surface area contributed by atoms with Gasteiger partial charge in [-0.15, -0.1) is 0 Å². The highest BCUT2D eigenvalue weighted by atomic mass is 31.2. The molecule has 112 valence electrons. The van der Waals surface area contributed by atoms with Crippen LogP contribution in [0.4, 0.5) is 0 Å². The van der Waals surface area contributed by atoms with Crippen molar-refractivity contribution in [3.8, 4) is 5.75 Å². The van der Waals surface area contributed by atoms with Gasteiger partial charge in [0, 0.05) is 18.3 Å². The number of hydrogen-bond acceptors (Lipinski definition) is 7. The third-order valence-corrected chi connectivity index (χ3v) is 3.43. The Morgan fingerprint density at radius 2 is 2.20 bits per heavy atom. The number of aldehydes is 1. The highest BCUT2D eigenvalue weighted by molar-refractivity contribution is 7.47. The van der Waals surface area contributed by atoms with Crippen LogP contribution in [0.25, 0.3) is 0 Å². The molecule has 9 heteroatoms. The van der Waals surface area contributed by atoms with E-state index in [9.17, 15) is 19.4 Å². The first-order chi connectivity index (χ1) is 9.41. The number of nitrogens with zero attached hydrogens (tertiary/aromatic N) is 1. The SMILES string of the molecule is CNCCOP(=O)(O)OCc1cnc(C)c(O)c1C=O. The Kier molecular flexibility index (Phi) is 6.25. The molecule has 20 heavy (non-hydrogen) atoms. The summed E-state index contributed by atoms with van der Waals surface area (Å²) in [5.41, 5.74) is 0.468. The van der Waals surface area contributed by atoms with E-state index < -0.39 is 7.82 Å². The van der Waals surface area contributed by atoms with Crippen LogP contribution in [-0.2, 0) is 20.2 Å². The lowest BCUT2D eigenvalue weighted by molar-refractivity contribution is 0.111. The number of carbonyl (C=O) groups excluding carboxylic acids is 1. The van der Waals surface area contributed by atoms with Gasteiger partial charge < -0.3 is 15.3 Å². The van der Waals surface area contributed by atoms with Crippen LogP contribution >= 0.6 is 7.82 Å². The molecule has 0 aliphatic rings. The number of aryl methyl sites for hydroxylation is 1. The lowest BCUT2D eigenvalue weighted by atomic mass is 10.1. The molecule has 1 aromatic heterocycles. The van der Waals surface area contributed by atoms with Crippen LogP contribution in [0, 0.1) is 6.92 Å². The van der Waals surface area contributed by atoms with Gasteiger partial charge in [0.25, 0.3) is 0 Å². The molecule has 0 aliphatic heterocycles. The van der Waals surface area contributed by atoms with Crippen molar-refractivity contribution in [2.24, 2.45) is 0 Å². The first-order valence-corrected chi connectivity index (χ1v) is 7.30. The van der Waals surface area contributed by atoms with Gasteiger partial charge in [-0.25, -0.2) is 4.57 Å². The Balaban J connectivity index is 2.72. The van der Waals surface area contributed by atoms with Crippen molar-refractivity contribution < 1.29 is 28.4 Å². The van der Waals surface area contributed by atoms with Gasteiger partial charge in [0.15, 0.2) is 6.29 Å². The first kappa shape index (κ1) is 16.7. The van der Waals surface area contributed by atoms with Crippen molar-refractivity contribution in [1.29, 1.82) is 0 Å². The second kappa shape index (κ2) is 7.47. The van der Waals surface area contributed by atoms with Crippen molar-refractivity contribution in [3.05, 3.63) is 23.0 Å². The Bertz CT molecular complexity index is 522. The maximum Gasteiger partial charge on any atom is 0.472 e. The zero-order chi connectivity index (χ0) is 15.2. The summed E-state index contributed by atoms with van der Waals surface area (Å²) in [5.74, 6) is -0.273. The van der Waals surface area contributed by atoms with Crippen molar-refractivity contribution in [1.82, 2.24) is 10.3 Å². The van der Waals surface area contributed by atoms with Gasteiger partial charge in [-0.3, -0.25) is 18.8 Å². The molecular formula is C11H17N2O6P. The average Bonchev–Trinajstić information content (AvgIpc) is 2.40. The zero-order valence-electron chi connectivity index (χ0n) is 11.2. The van der Waals surface area contributed by atoms with E-state index in [1.807, 2.05) is 0 Å². The Labute approximate surface area is 116 Å². The maximum atomic E-state index is 11.5. The molecular weight excluding hydrogens is 287 g/mol. The van der Waals surface area contributed by atoms with Gasteiger partial charge in [-0.1, -0.05) is 0 Å². The van der Waals surface area contributed by atoms with Crippen molar-refractivity contribution >= 4 is 14.1 Å². The zero-order valence-corrected chi connectivity index (χ0v) is 12.1. The summed E-state index contributed by atoms with van der Waals surface area (Å²) in [5, 5.41) is 12.4. The Morgan fingerprint density at radius 3 is 2.80 bits per heavy atom. The standard InChI is InChI=1S/C11H17N2O6P/c1-8-11(15)10(6-14)9(5-13-8)7-19-20(16,17)18-4-3-12-2/h5-6,12,15H,3-4,7H2,1-2H3,(H,16,17). The number of phosphoric ester groups is 1. The number of hydrogen-bond donors (Lipinski definition) is 3. The fourth-order valence-corrected chi connectivity index (χ4v) is 2.05. The molecule has 0 radical (unpaired) electrons. The number of phosphoric acid groups is 1. The fraction of sp³-hybridized carbons (Fsp3) is 0.455. The molecule has 0 aromatic carbocycles. The monoisotopic (exact) mass is 304 g/mol. The molecule has 0 fully saturated rings. The highest BCUT2D eigenvalue weighted by Gasteiger charge is 2.22. The van der Waals surface area contributed by atoms with Crippen LogP contribution in [0.1, 0.15) is 21.6 Å². The van der Waals surface area contributed by atoms with Crippen LogP contribution in [0.2, 0.25) is 0 Å². The quantitative estimate of drug-likeness (QED) is 0.366. The van der Waals surface area contributed by atoms with Crippen molar-refractivity contribution in [3.63, 3.8) is 0 Å². The van der Waals surface area contributed by atoms with Crippen LogP contribution in [0.15, 0.2) is 6.20 Å². The third-order valence-electron chi connectivity index (χ3n) is 2.47. The van der Waals surface area contributed by atoms with Crippen LogP contribution in [0.3, 0.4) is 0 Å². The number of pyridine rings is 1. The number of aromatic nitrogens is 1. The molecule has 1 unspecified atom stereocenters. The lowest BCUT2D eigenvalue weighted by Crippen LogP contribution is -2.13. The lowest BCUT2D eigenvalue weighted by Gasteiger charge is -2.13. The number of rotatable bonds is 8. The predicted molar refractivity (Wildman–Crippen MR) is 70.5 cm³/mol. The van der Waals surface area contributed by atoms with E-state index >= 15 is 0 Å². The normalized spacial score (nSPS) is 13.9. The molecule has 1 aromatic rings. The smallest absolute Gasteiger partial charge is 0.472 e. The molecule has 0 aliphatic carbocycles. The van der Waals surface area contributed by atoms with E-state index in [0.29, 0.717) is 12.8 Å². The summed E-state index contributed by atoms with van der Waals surface area (Å²) in [6.07, 6.45) is 1.74. The summed E-state index contributed by atoms with van der Waals surface area (Å²) >= 11 is 0. The molecule has 0 bridgehead atoms. The molecule has 1 heterocycles. The number of carbonyl (C=O) groups is 1. The molecule has 8 nitrogen and oxygen atoms in total. The van der Waals surface area contributed by atoms with Gasteiger partial charge in [0.2, 0.25) is 0 Å². The van der Waals surface area contributed by atoms with Crippen LogP contribution in [-0.4, -0.2) is 41.5 Å².